The molecule has 0 spiro atoms. The molecule has 0 aliphatic heterocycles. The van der Waals surface area contributed by atoms with Crippen LogP contribution in [0.3, 0.4) is 0 Å². The van der Waals surface area contributed by atoms with Gasteiger partial charge in [-0.3, -0.25) is 9.78 Å². The van der Waals surface area contributed by atoms with Gasteiger partial charge < -0.3 is 20.9 Å². The molecule has 0 bridgehead atoms. The first-order valence-corrected chi connectivity index (χ1v) is 6.85. The molecule has 114 valence electrons. The van der Waals surface area contributed by atoms with E-state index in [1.807, 2.05) is 12.1 Å². The predicted octanol–water partition coefficient (Wildman–Crippen LogP) is 0.602. The smallest absolute Gasteiger partial charge is 0.262 e. The van der Waals surface area contributed by atoms with E-state index >= 15 is 0 Å². The van der Waals surface area contributed by atoms with Crippen LogP contribution in [0.1, 0.15) is 23.0 Å². The molecule has 0 atom stereocenters. The minimum Gasteiger partial charge on any atom is -0.369 e. The highest BCUT2D eigenvalue weighted by molar-refractivity contribution is 5.79. The average Bonchev–Trinajstić information content (AvgIpc) is 2.88. The summed E-state index contributed by atoms with van der Waals surface area (Å²) in [5.41, 5.74) is 8.10. The number of hydrogen-bond donors (Lipinski definition) is 5. The van der Waals surface area contributed by atoms with Crippen LogP contribution in [0.2, 0.25) is 0 Å². The van der Waals surface area contributed by atoms with Gasteiger partial charge >= 0.3 is 0 Å². The summed E-state index contributed by atoms with van der Waals surface area (Å²) < 4.78 is 0. The fraction of sp³-hybridized carbons (Fsp3) is 0.200. The minimum atomic E-state index is -1.46. The molecule has 3 aromatic rings. The van der Waals surface area contributed by atoms with Crippen molar-refractivity contribution < 1.29 is 10.2 Å². The Morgan fingerprint density at radius 3 is 2.59 bits per heavy atom. The standard InChI is InChI=1S/C15H16N4O3/c16-15-18-12-11(13(20)19-15)10(7-17-12)6-3-8-1-4-9(5-2-8)14(21)22/h1-2,4-5,7,14,21-22H,3,6H2,(H4,16,17,18,19,20). The molecule has 3 rings (SSSR count). The third-order valence-corrected chi connectivity index (χ3v) is 3.60. The molecular weight excluding hydrogens is 284 g/mol. The second-order valence-electron chi connectivity index (χ2n) is 5.10. The van der Waals surface area contributed by atoms with Crippen LogP contribution in [0.4, 0.5) is 5.95 Å². The number of benzene rings is 1. The second-order valence-corrected chi connectivity index (χ2v) is 5.10. The van der Waals surface area contributed by atoms with Crippen molar-refractivity contribution in [2.75, 3.05) is 5.73 Å². The molecule has 0 fully saturated rings. The number of nitrogens with one attached hydrogen (secondary N) is 2. The van der Waals surface area contributed by atoms with E-state index in [1.54, 1.807) is 18.3 Å². The fourth-order valence-corrected chi connectivity index (χ4v) is 2.45. The lowest BCUT2D eigenvalue weighted by Crippen LogP contribution is -2.11. The number of H-pyrrole nitrogens is 2. The Kier molecular flexibility index (Phi) is 3.66. The molecule has 0 saturated heterocycles. The van der Waals surface area contributed by atoms with Gasteiger partial charge in [-0.2, -0.15) is 4.98 Å². The van der Waals surface area contributed by atoms with E-state index in [0.29, 0.717) is 23.0 Å². The molecule has 7 heteroatoms. The van der Waals surface area contributed by atoms with Gasteiger partial charge in [0.05, 0.1) is 5.39 Å². The van der Waals surface area contributed by atoms with Crippen molar-refractivity contribution in [1.29, 1.82) is 0 Å². The zero-order valence-corrected chi connectivity index (χ0v) is 11.7. The van der Waals surface area contributed by atoms with Crippen LogP contribution in [0.25, 0.3) is 11.0 Å². The minimum absolute atomic E-state index is 0.0871. The molecule has 6 N–H and O–H groups in total. The lowest BCUT2D eigenvalue weighted by Gasteiger charge is -2.05. The van der Waals surface area contributed by atoms with Gasteiger partial charge in [0, 0.05) is 11.8 Å². The number of anilines is 1. The number of aromatic amines is 2. The summed E-state index contributed by atoms with van der Waals surface area (Å²) in [7, 11) is 0. The van der Waals surface area contributed by atoms with E-state index in [1.165, 1.54) is 0 Å². The Labute approximate surface area is 125 Å². The fourth-order valence-electron chi connectivity index (χ4n) is 2.45. The number of nitrogens with zero attached hydrogens (tertiary/aromatic N) is 1. The number of aromatic nitrogens is 3. The molecular formula is C15H16N4O3. The highest BCUT2D eigenvalue weighted by Gasteiger charge is 2.10. The summed E-state index contributed by atoms with van der Waals surface area (Å²) in [6.45, 7) is 0. The van der Waals surface area contributed by atoms with E-state index in [2.05, 4.69) is 15.0 Å². The molecule has 22 heavy (non-hydrogen) atoms. The molecule has 0 unspecified atom stereocenters. The van der Waals surface area contributed by atoms with Crippen LogP contribution in [0.5, 0.6) is 0 Å². The number of aliphatic hydroxyl groups is 2. The van der Waals surface area contributed by atoms with E-state index in [-0.39, 0.29) is 11.5 Å². The quantitative estimate of drug-likeness (QED) is 0.451. The Bertz CT molecular complexity index is 849. The Morgan fingerprint density at radius 1 is 1.18 bits per heavy atom. The lowest BCUT2D eigenvalue weighted by atomic mass is 10.0. The Morgan fingerprint density at radius 2 is 1.91 bits per heavy atom. The summed E-state index contributed by atoms with van der Waals surface area (Å²) in [6, 6.07) is 7.02. The highest BCUT2D eigenvalue weighted by atomic mass is 16.5. The van der Waals surface area contributed by atoms with Gasteiger partial charge in [-0.25, -0.2) is 0 Å². The summed E-state index contributed by atoms with van der Waals surface area (Å²) in [5, 5.41) is 18.6. The van der Waals surface area contributed by atoms with Crippen molar-refractivity contribution in [3.05, 3.63) is 57.5 Å². The topological polar surface area (TPSA) is 128 Å². The summed E-state index contributed by atoms with van der Waals surface area (Å²) in [5.74, 6) is 0.0871. The highest BCUT2D eigenvalue weighted by Crippen LogP contribution is 2.17. The molecule has 0 aliphatic carbocycles. The van der Waals surface area contributed by atoms with Crippen molar-refractivity contribution in [1.82, 2.24) is 15.0 Å². The van der Waals surface area contributed by atoms with Crippen molar-refractivity contribution in [2.24, 2.45) is 0 Å². The molecule has 0 amide bonds. The van der Waals surface area contributed by atoms with Crippen LogP contribution in [-0.2, 0) is 12.8 Å². The maximum atomic E-state index is 12.0. The molecule has 7 nitrogen and oxygen atoms in total. The van der Waals surface area contributed by atoms with Crippen LogP contribution in [-0.4, -0.2) is 25.2 Å². The third-order valence-electron chi connectivity index (χ3n) is 3.60. The molecule has 2 aromatic heterocycles. The number of rotatable bonds is 4. The number of hydrogen-bond acceptors (Lipinski definition) is 5. The molecule has 2 heterocycles. The number of aliphatic hydroxyl groups excluding tert-OH is 1. The van der Waals surface area contributed by atoms with Crippen LogP contribution < -0.4 is 11.3 Å². The van der Waals surface area contributed by atoms with Gasteiger partial charge in [0.25, 0.3) is 5.56 Å². The third kappa shape index (κ3) is 2.72. The number of fused-ring (bicyclic) bond motifs is 1. The monoisotopic (exact) mass is 300 g/mol. The van der Waals surface area contributed by atoms with Gasteiger partial charge in [-0.15, -0.1) is 0 Å². The predicted molar refractivity (Wildman–Crippen MR) is 82.2 cm³/mol. The van der Waals surface area contributed by atoms with E-state index in [0.717, 1.165) is 17.5 Å². The van der Waals surface area contributed by atoms with Crippen LogP contribution in [0, 0.1) is 0 Å². The van der Waals surface area contributed by atoms with E-state index in [9.17, 15) is 4.79 Å². The van der Waals surface area contributed by atoms with Crippen molar-refractivity contribution in [3.63, 3.8) is 0 Å². The number of nitrogens with two attached hydrogens (primary N) is 1. The molecule has 0 saturated carbocycles. The SMILES string of the molecule is Nc1nc2[nH]cc(CCc3ccc(C(O)O)cc3)c2c(=O)[nH]1. The van der Waals surface area contributed by atoms with Gasteiger partial charge in [-0.05, 0) is 24.0 Å². The second kappa shape index (κ2) is 5.63. The Hall–Kier alpha value is -2.64. The van der Waals surface area contributed by atoms with Crippen molar-refractivity contribution in [3.8, 4) is 0 Å². The largest absolute Gasteiger partial charge is 0.369 e. The first-order valence-electron chi connectivity index (χ1n) is 6.85. The molecule has 1 aromatic carbocycles. The first kappa shape index (κ1) is 14.3. The Balaban J connectivity index is 1.81. The summed E-state index contributed by atoms with van der Waals surface area (Å²) in [4.78, 5) is 21.5. The van der Waals surface area contributed by atoms with E-state index < -0.39 is 6.29 Å². The van der Waals surface area contributed by atoms with E-state index in [4.69, 9.17) is 15.9 Å². The van der Waals surface area contributed by atoms with Gasteiger partial charge in [0.15, 0.2) is 6.29 Å². The van der Waals surface area contributed by atoms with Crippen LogP contribution in [0.15, 0.2) is 35.3 Å². The van der Waals surface area contributed by atoms with Gasteiger partial charge in [-0.1, -0.05) is 24.3 Å². The maximum absolute atomic E-state index is 12.0. The molecule has 0 aliphatic rings. The first-order chi connectivity index (χ1) is 10.5. The van der Waals surface area contributed by atoms with Gasteiger partial charge in [0.1, 0.15) is 5.65 Å². The normalized spacial score (nSPS) is 11.4. The maximum Gasteiger partial charge on any atom is 0.262 e. The van der Waals surface area contributed by atoms with Crippen LogP contribution >= 0.6 is 0 Å². The summed E-state index contributed by atoms with van der Waals surface area (Å²) in [6.07, 6.45) is 1.68. The van der Waals surface area contributed by atoms with Gasteiger partial charge in [0.2, 0.25) is 5.95 Å². The number of aryl methyl sites for hydroxylation is 2. The lowest BCUT2D eigenvalue weighted by molar-refractivity contribution is -0.0424. The summed E-state index contributed by atoms with van der Waals surface area (Å²) >= 11 is 0. The number of nitrogen functional groups attached to an aromatic ring is 1. The molecule has 0 radical (unpaired) electrons. The van der Waals surface area contributed by atoms with Crippen molar-refractivity contribution in [2.45, 2.75) is 19.1 Å². The zero-order chi connectivity index (χ0) is 15.7. The van der Waals surface area contributed by atoms with Crippen molar-refractivity contribution >= 4 is 17.0 Å². The average molecular weight is 300 g/mol. The zero-order valence-electron chi connectivity index (χ0n) is 11.7.